The van der Waals surface area contributed by atoms with Crippen molar-refractivity contribution in [3.63, 3.8) is 0 Å². The van der Waals surface area contributed by atoms with Crippen molar-refractivity contribution in [3.8, 4) is 0 Å². The third-order valence-corrected chi connectivity index (χ3v) is 2.56. The van der Waals surface area contributed by atoms with Crippen molar-refractivity contribution in [2.24, 2.45) is 0 Å². The summed E-state index contributed by atoms with van der Waals surface area (Å²) in [4.78, 5) is 10.1. The second-order valence-corrected chi connectivity index (χ2v) is 3.61. The van der Waals surface area contributed by atoms with Gasteiger partial charge in [0.15, 0.2) is 0 Å². The predicted molar refractivity (Wildman–Crippen MR) is 61.8 cm³/mol. The van der Waals surface area contributed by atoms with Crippen LogP contribution in [0.15, 0.2) is 60.7 Å². The Morgan fingerprint density at radius 3 is 1.53 bits per heavy atom. The van der Waals surface area contributed by atoms with E-state index < -0.39 is 10.7 Å². The normalized spacial score (nSPS) is 11.1. The summed E-state index contributed by atoms with van der Waals surface area (Å²) < 4.78 is 14.7. The summed E-state index contributed by atoms with van der Waals surface area (Å²) in [5.74, 6) is -2.69. The summed E-state index contributed by atoms with van der Waals surface area (Å²) in [7, 11) is 0. The van der Waals surface area contributed by atoms with Crippen LogP contribution in [0.2, 0.25) is 0 Å². The zero-order valence-corrected chi connectivity index (χ0v) is 8.92. The molecule has 0 atom stereocenters. The molecule has 0 aliphatic carbocycles. The molecule has 0 saturated carbocycles. The van der Waals surface area contributed by atoms with Gasteiger partial charge in [0.1, 0.15) is 0 Å². The quantitative estimate of drug-likeness (QED) is 0.462. The highest BCUT2D eigenvalue weighted by atomic mass is 19.1. The molecule has 86 valence electrons. The van der Waals surface area contributed by atoms with Crippen LogP contribution >= 0.6 is 0 Å². The largest absolute Gasteiger partial charge is 0.411 e. The lowest BCUT2D eigenvalue weighted by Gasteiger charge is -2.17. The molecule has 0 N–H and O–H groups in total. The van der Waals surface area contributed by atoms with Crippen molar-refractivity contribution in [1.82, 2.24) is 0 Å². The SMILES string of the molecule is O=[N+]([O-])C(F)(c1ccccc1)c1ccccc1. The van der Waals surface area contributed by atoms with E-state index >= 15 is 0 Å². The van der Waals surface area contributed by atoms with Gasteiger partial charge in [-0.3, -0.25) is 10.1 Å². The van der Waals surface area contributed by atoms with Gasteiger partial charge in [0.05, 0.1) is 16.1 Å². The number of nitro groups is 1. The van der Waals surface area contributed by atoms with Crippen LogP contribution in [0, 0.1) is 10.1 Å². The Hall–Kier alpha value is -2.23. The Morgan fingerprint density at radius 1 is 0.882 bits per heavy atom. The third-order valence-electron chi connectivity index (χ3n) is 2.56. The van der Waals surface area contributed by atoms with E-state index in [0.29, 0.717) is 0 Å². The van der Waals surface area contributed by atoms with E-state index in [1.165, 1.54) is 24.3 Å². The highest BCUT2D eigenvalue weighted by molar-refractivity contribution is 5.32. The van der Waals surface area contributed by atoms with Crippen LogP contribution in [-0.2, 0) is 5.79 Å². The molecule has 3 nitrogen and oxygen atoms in total. The van der Waals surface area contributed by atoms with Gasteiger partial charge in [-0.25, -0.2) is 0 Å². The number of hydrogen-bond acceptors (Lipinski definition) is 2. The van der Waals surface area contributed by atoms with Gasteiger partial charge < -0.3 is 0 Å². The maximum atomic E-state index is 14.7. The minimum Gasteiger partial charge on any atom is -0.261 e. The van der Waals surface area contributed by atoms with Crippen molar-refractivity contribution < 1.29 is 9.31 Å². The van der Waals surface area contributed by atoms with Gasteiger partial charge in [0.2, 0.25) is 0 Å². The second kappa shape index (κ2) is 4.33. The van der Waals surface area contributed by atoms with Crippen LogP contribution in [0.4, 0.5) is 4.39 Å². The Labute approximate surface area is 97.7 Å². The lowest BCUT2D eigenvalue weighted by Crippen LogP contribution is -2.31. The molecule has 0 bridgehead atoms. The molecule has 0 fully saturated rings. The van der Waals surface area contributed by atoms with Crippen molar-refractivity contribution in [3.05, 3.63) is 81.9 Å². The van der Waals surface area contributed by atoms with Gasteiger partial charge >= 0.3 is 5.79 Å². The van der Waals surface area contributed by atoms with E-state index in [9.17, 15) is 14.5 Å². The maximum absolute atomic E-state index is 14.7. The van der Waals surface area contributed by atoms with Crippen LogP contribution in [0.1, 0.15) is 11.1 Å². The monoisotopic (exact) mass is 231 g/mol. The smallest absolute Gasteiger partial charge is 0.261 e. The van der Waals surface area contributed by atoms with E-state index in [1.54, 1.807) is 36.4 Å². The fourth-order valence-corrected chi connectivity index (χ4v) is 1.70. The van der Waals surface area contributed by atoms with Crippen LogP contribution in [0.25, 0.3) is 0 Å². The van der Waals surface area contributed by atoms with Crippen molar-refractivity contribution in [1.29, 1.82) is 0 Å². The molecule has 2 aromatic carbocycles. The highest BCUT2D eigenvalue weighted by Gasteiger charge is 2.47. The van der Waals surface area contributed by atoms with Gasteiger partial charge in [-0.1, -0.05) is 36.4 Å². The summed E-state index contributed by atoms with van der Waals surface area (Å²) in [5.41, 5.74) is 0.0485. The molecule has 0 aliphatic heterocycles. The van der Waals surface area contributed by atoms with E-state index in [1.807, 2.05) is 0 Å². The van der Waals surface area contributed by atoms with Crippen LogP contribution < -0.4 is 0 Å². The van der Waals surface area contributed by atoms with E-state index in [2.05, 4.69) is 0 Å². The Balaban J connectivity index is 2.59. The summed E-state index contributed by atoms with van der Waals surface area (Å²) in [6.07, 6.45) is 0. The molecule has 17 heavy (non-hydrogen) atoms. The van der Waals surface area contributed by atoms with Crippen molar-refractivity contribution in [2.45, 2.75) is 5.79 Å². The second-order valence-electron chi connectivity index (χ2n) is 3.61. The minimum atomic E-state index is -2.69. The van der Waals surface area contributed by atoms with Crippen molar-refractivity contribution >= 4 is 0 Å². The molecule has 0 amide bonds. The maximum Gasteiger partial charge on any atom is 0.411 e. The standard InChI is InChI=1S/C13H10FNO2/c14-13(15(16)17,11-7-3-1-4-8-11)12-9-5-2-6-10-12/h1-10H. The van der Waals surface area contributed by atoms with E-state index in [0.717, 1.165) is 0 Å². The van der Waals surface area contributed by atoms with E-state index in [-0.39, 0.29) is 11.1 Å². The summed E-state index contributed by atoms with van der Waals surface area (Å²) >= 11 is 0. The number of benzene rings is 2. The number of nitrogens with zero attached hydrogens (tertiary/aromatic N) is 1. The fraction of sp³-hybridized carbons (Fsp3) is 0.0769. The minimum absolute atomic E-state index is 0.0243. The topological polar surface area (TPSA) is 43.1 Å². The Kier molecular flexibility index (Phi) is 2.87. The number of halogens is 1. The van der Waals surface area contributed by atoms with Gasteiger partial charge in [0.25, 0.3) is 0 Å². The molecule has 0 heterocycles. The highest BCUT2D eigenvalue weighted by Crippen LogP contribution is 2.34. The molecule has 0 unspecified atom stereocenters. The van der Waals surface area contributed by atoms with Crippen molar-refractivity contribution in [2.75, 3.05) is 0 Å². The third kappa shape index (κ3) is 1.89. The number of rotatable bonds is 3. The number of hydrogen-bond donors (Lipinski definition) is 0. The fourth-order valence-electron chi connectivity index (χ4n) is 1.70. The lowest BCUT2D eigenvalue weighted by atomic mass is 9.97. The molecule has 2 aromatic rings. The lowest BCUT2D eigenvalue weighted by molar-refractivity contribution is -0.602. The van der Waals surface area contributed by atoms with Crippen LogP contribution in [0.5, 0.6) is 0 Å². The summed E-state index contributed by atoms with van der Waals surface area (Å²) in [6, 6.07) is 15.3. The molecule has 4 heteroatoms. The first-order valence-corrected chi connectivity index (χ1v) is 5.10. The van der Waals surface area contributed by atoms with Gasteiger partial charge in [0, 0.05) is 0 Å². The number of alkyl halides is 1. The Bertz CT molecular complexity index is 474. The molecule has 0 spiro atoms. The first kappa shape index (κ1) is 11.3. The van der Waals surface area contributed by atoms with Crippen LogP contribution in [0.3, 0.4) is 0 Å². The predicted octanol–water partition coefficient (Wildman–Crippen LogP) is 3.13. The zero-order chi connectivity index (χ0) is 12.3. The summed E-state index contributed by atoms with van der Waals surface area (Å²) in [5, 5.41) is 11.1. The van der Waals surface area contributed by atoms with Gasteiger partial charge in [-0.2, -0.15) is 4.39 Å². The van der Waals surface area contributed by atoms with E-state index in [4.69, 9.17) is 0 Å². The molecular weight excluding hydrogens is 221 g/mol. The molecular formula is C13H10FNO2. The average Bonchev–Trinajstić information content (AvgIpc) is 2.39. The zero-order valence-electron chi connectivity index (χ0n) is 8.92. The van der Waals surface area contributed by atoms with Crippen LogP contribution in [-0.4, -0.2) is 4.92 Å². The summed E-state index contributed by atoms with van der Waals surface area (Å²) in [6.45, 7) is 0. The average molecular weight is 231 g/mol. The molecule has 2 rings (SSSR count). The van der Waals surface area contributed by atoms with Gasteiger partial charge in [-0.05, 0) is 24.3 Å². The first-order chi connectivity index (χ1) is 8.15. The molecule has 0 aromatic heterocycles. The van der Waals surface area contributed by atoms with Gasteiger partial charge in [-0.15, -0.1) is 0 Å². The first-order valence-electron chi connectivity index (χ1n) is 5.10. The molecule has 0 saturated heterocycles. The molecule has 0 radical (unpaired) electrons. The Morgan fingerprint density at radius 2 is 1.24 bits per heavy atom. The molecule has 0 aliphatic rings.